The third-order valence-electron chi connectivity index (χ3n) is 3.60. The third-order valence-corrected chi connectivity index (χ3v) is 4.71. The summed E-state index contributed by atoms with van der Waals surface area (Å²) < 4.78 is 7.49. The summed E-state index contributed by atoms with van der Waals surface area (Å²) in [4.78, 5) is 16.1. The van der Waals surface area contributed by atoms with Gasteiger partial charge >= 0.3 is 0 Å². The lowest BCUT2D eigenvalue weighted by atomic mass is 10.1. The molecule has 0 fully saturated rings. The Labute approximate surface area is 151 Å². The molecule has 0 radical (unpaired) electrons. The van der Waals surface area contributed by atoms with Gasteiger partial charge in [-0.15, -0.1) is 0 Å². The van der Waals surface area contributed by atoms with Crippen LogP contribution in [0.25, 0.3) is 0 Å². The van der Waals surface area contributed by atoms with E-state index in [1.54, 1.807) is 12.1 Å². The molecular formula is C17H23N3O4S. The van der Waals surface area contributed by atoms with Crippen molar-refractivity contribution in [2.24, 2.45) is 0 Å². The Kier molecular flexibility index (Phi) is 6.98. The minimum Gasteiger partial charge on any atom is -0.394 e. The van der Waals surface area contributed by atoms with E-state index in [0.29, 0.717) is 6.61 Å². The maximum Gasteiger partial charge on any atom is 0.270 e. The maximum atomic E-state index is 11.0. The number of nitro groups is 1. The van der Waals surface area contributed by atoms with Crippen molar-refractivity contribution in [1.29, 1.82) is 0 Å². The quantitative estimate of drug-likeness (QED) is 0.415. The van der Waals surface area contributed by atoms with Gasteiger partial charge in [0.25, 0.3) is 5.69 Å². The van der Waals surface area contributed by atoms with Crippen LogP contribution in [0.1, 0.15) is 38.2 Å². The van der Waals surface area contributed by atoms with Crippen LogP contribution in [0, 0.1) is 10.1 Å². The Bertz CT molecular complexity index is 731. The number of nitro benzene ring substituents is 1. The van der Waals surface area contributed by atoms with Gasteiger partial charge in [0, 0.05) is 23.6 Å². The van der Waals surface area contributed by atoms with Gasteiger partial charge in [0.2, 0.25) is 0 Å². The first-order chi connectivity index (χ1) is 12.0. The number of imidazole rings is 1. The van der Waals surface area contributed by atoms with Crippen LogP contribution in [0.3, 0.4) is 0 Å². The van der Waals surface area contributed by atoms with E-state index in [4.69, 9.17) is 14.8 Å². The first-order valence-electron chi connectivity index (χ1n) is 8.18. The molecular weight excluding hydrogens is 342 g/mol. The lowest BCUT2D eigenvalue weighted by Gasteiger charge is -2.11. The van der Waals surface area contributed by atoms with Crippen LogP contribution in [0.4, 0.5) is 5.69 Å². The predicted molar refractivity (Wildman–Crippen MR) is 96.0 cm³/mol. The molecule has 25 heavy (non-hydrogen) atoms. The smallest absolute Gasteiger partial charge is 0.270 e. The first kappa shape index (κ1) is 19.4. The molecule has 0 aliphatic carbocycles. The van der Waals surface area contributed by atoms with Crippen molar-refractivity contribution in [3.8, 4) is 0 Å². The summed E-state index contributed by atoms with van der Waals surface area (Å²) in [6, 6.07) is 6.60. The zero-order valence-electron chi connectivity index (χ0n) is 14.6. The van der Waals surface area contributed by atoms with E-state index in [-0.39, 0.29) is 24.8 Å². The topological polar surface area (TPSA) is 90.4 Å². The van der Waals surface area contributed by atoms with Crippen molar-refractivity contribution in [2.45, 2.75) is 49.8 Å². The number of hydrogen-bond acceptors (Lipinski definition) is 6. The lowest BCUT2D eigenvalue weighted by Crippen LogP contribution is -2.07. The van der Waals surface area contributed by atoms with Crippen molar-refractivity contribution in [1.82, 2.24) is 9.55 Å². The monoisotopic (exact) mass is 365 g/mol. The Morgan fingerprint density at radius 1 is 1.44 bits per heavy atom. The van der Waals surface area contributed by atoms with Crippen molar-refractivity contribution in [3.05, 3.63) is 45.9 Å². The molecule has 0 spiro atoms. The summed E-state index contributed by atoms with van der Waals surface area (Å²) in [5.41, 5.74) is 1.02. The second-order valence-corrected chi connectivity index (χ2v) is 6.81. The van der Waals surface area contributed by atoms with Gasteiger partial charge in [-0.2, -0.15) is 0 Å². The number of rotatable bonds is 9. The standard InChI is InChI=1S/C17H23N3O4S/c1-4-19-15(11-24-9-8-21)18-16(12(2)3)17(19)25-14-7-5-6-13(10-14)20(22)23/h5-7,10,12,21H,4,8-9,11H2,1-3H3. The van der Waals surface area contributed by atoms with E-state index in [9.17, 15) is 10.1 Å². The zero-order chi connectivity index (χ0) is 18.4. The molecule has 7 nitrogen and oxygen atoms in total. The van der Waals surface area contributed by atoms with Gasteiger partial charge in [-0.1, -0.05) is 31.7 Å². The fraction of sp³-hybridized carbons (Fsp3) is 0.471. The van der Waals surface area contributed by atoms with Gasteiger partial charge in [0.15, 0.2) is 0 Å². The molecule has 136 valence electrons. The highest BCUT2D eigenvalue weighted by molar-refractivity contribution is 7.99. The van der Waals surface area contributed by atoms with Crippen LogP contribution in [0.2, 0.25) is 0 Å². The minimum atomic E-state index is -0.390. The molecule has 1 aromatic carbocycles. The molecule has 1 aromatic heterocycles. The Morgan fingerprint density at radius 3 is 2.80 bits per heavy atom. The molecule has 0 unspecified atom stereocenters. The fourth-order valence-electron chi connectivity index (χ4n) is 2.42. The van der Waals surface area contributed by atoms with Gasteiger partial charge in [0.05, 0.1) is 23.8 Å². The Hall–Kier alpha value is -1.90. The molecule has 0 amide bonds. The number of hydrogen-bond donors (Lipinski definition) is 1. The van der Waals surface area contributed by atoms with Gasteiger partial charge in [0.1, 0.15) is 17.5 Å². The number of benzene rings is 1. The van der Waals surface area contributed by atoms with Crippen LogP contribution in [0.15, 0.2) is 34.2 Å². The third kappa shape index (κ3) is 4.81. The second-order valence-electron chi connectivity index (χ2n) is 5.75. The average Bonchev–Trinajstić information content (AvgIpc) is 2.93. The van der Waals surface area contributed by atoms with Gasteiger partial charge < -0.3 is 14.4 Å². The van der Waals surface area contributed by atoms with Crippen LogP contribution in [-0.2, 0) is 17.9 Å². The number of nitrogens with zero attached hydrogens (tertiary/aromatic N) is 3. The van der Waals surface area contributed by atoms with E-state index in [1.807, 2.05) is 13.0 Å². The maximum absolute atomic E-state index is 11.0. The van der Waals surface area contributed by atoms with Crippen LogP contribution in [-0.4, -0.2) is 32.8 Å². The highest BCUT2D eigenvalue weighted by Gasteiger charge is 2.20. The van der Waals surface area contributed by atoms with Crippen molar-refractivity contribution in [2.75, 3.05) is 13.2 Å². The molecule has 0 atom stereocenters. The van der Waals surface area contributed by atoms with Crippen molar-refractivity contribution >= 4 is 17.4 Å². The predicted octanol–water partition coefficient (Wildman–Crippen LogP) is 3.59. The normalized spacial score (nSPS) is 11.2. The van der Waals surface area contributed by atoms with E-state index < -0.39 is 4.92 Å². The van der Waals surface area contributed by atoms with E-state index in [1.165, 1.54) is 17.8 Å². The highest BCUT2D eigenvalue weighted by atomic mass is 32.2. The summed E-state index contributed by atoms with van der Waals surface area (Å²) in [5, 5.41) is 20.8. The van der Waals surface area contributed by atoms with E-state index in [2.05, 4.69) is 18.4 Å². The number of aromatic nitrogens is 2. The van der Waals surface area contributed by atoms with Crippen molar-refractivity contribution in [3.63, 3.8) is 0 Å². The molecule has 2 rings (SSSR count). The Morgan fingerprint density at radius 2 is 2.20 bits per heavy atom. The summed E-state index contributed by atoms with van der Waals surface area (Å²) >= 11 is 1.48. The zero-order valence-corrected chi connectivity index (χ0v) is 15.5. The van der Waals surface area contributed by atoms with Crippen LogP contribution in [0.5, 0.6) is 0 Å². The second kappa shape index (κ2) is 8.98. The fourth-order valence-corrected chi connectivity index (χ4v) is 3.70. The number of aliphatic hydroxyl groups is 1. The number of aliphatic hydroxyl groups excluding tert-OH is 1. The van der Waals surface area contributed by atoms with Gasteiger partial charge in [-0.3, -0.25) is 10.1 Å². The summed E-state index contributed by atoms with van der Waals surface area (Å²) in [5.74, 6) is 1.01. The van der Waals surface area contributed by atoms with Gasteiger partial charge in [-0.25, -0.2) is 4.98 Å². The largest absolute Gasteiger partial charge is 0.394 e. The van der Waals surface area contributed by atoms with Crippen molar-refractivity contribution < 1.29 is 14.8 Å². The van der Waals surface area contributed by atoms with E-state index in [0.717, 1.165) is 28.0 Å². The molecule has 0 saturated carbocycles. The molecule has 0 bridgehead atoms. The number of ether oxygens (including phenoxy) is 1. The van der Waals surface area contributed by atoms with E-state index >= 15 is 0 Å². The average molecular weight is 365 g/mol. The van der Waals surface area contributed by atoms with Crippen LogP contribution < -0.4 is 0 Å². The summed E-state index contributed by atoms with van der Waals surface area (Å²) in [6.07, 6.45) is 0. The molecule has 0 aliphatic rings. The lowest BCUT2D eigenvalue weighted by molar-refractivity contribution is -0.385. The van der Waals surface area contributed by atoms with Crippen LogP contribution >= 0.6 is 11.8 Å². The summed E-state index contributed by atoms with van der Waals surface area (Å²) in [6.45, 7) is 7.44. The summed E-state index contributed by atoms with van der Waals surface area (Å²) in [7, 11) is 0. The number of non-ortho nitro benzene ring substituents is 1. The first-order valence-corrected chi connectivity index (χ1v) is 8.99. The Balaban J connectivity index is 2.37. The molecule has 1 heterocycles. The molecule has 1 N–H and O–H groups in total. The SMILES string of the molecule is CCn1c(COCCO)nc(C(C)C)c1Sc1cccc([N+](=O)[O-])c1. The molecule has 8 heteroatoms. The molecule has 2 aromatic rings. The highest BCUT2D eigenvalue weighted by Crippen LogP contribution is 2.36. The molecule has 0 saturated heterocycles. The van der Waals surface area contributed by atoms with Gasteiger partial charge in [-0.05, 0) is 18.9 Å². The minimum absolute atomic E-state index is 0.0286. The molecule has 0 aliphatic heterocycles.